The molecule has 2 aromatic rings. The fraction of sp³-hybridized carbons (Fsp3) is 0.375. The van der Waals surface area contributed by atoms with Crippen molar-refractivity contribution < 1.29 is 8.42 Å². The Bertz CT molecular complexity index is 881. The van der Waals surface area contributed by atoms with Crippen molar-refractivity contribution in [3.8, 4) is 6.07 Å². The van der Waals surface area contributed by atoms with Gasteiger partial charge in [-0.3, -0.25) is 0 Å². The molecule has 0 radical (unpaired) electrons. The van der Waals surface area contributed by atoms with Crippen LogP contribution in [-0.2, 0) is 10.0 Å². The highest BCUT2D eigenvalue weighted by molar-refractivity contribution is 7.89. The smallest absolute Gasteiger partial charge is 0.243 e. The van der Waals surface area contributed by atoms with E-state index in [4.69, 9.17) is 5.26 Å². The molecule has 120 valence electrons. The minimum atomic E-state index is -3.59. The van der Waals surface area contributed by atoms with Crippen LogP contribution in [0.25, 0.3) is 0 Å². The average molecular weight is 347 g/mol. The summed E-state index contributed by atoms with van der Waals surface area (Å²) in [6, 6.07) is 6.54. The van der Waals surface area contributed by atoms with Crippen LogP contribution in [0.3, 0.4) is 0 Å². The van der Waals surface area contributed by atoms with E-state index in [9.17, 15) is 8.42 Å². The molecule has 23 heavy (non-hydrogen) atoms. The Labute approximate surface area is 140 Å². The van der Waals surface area contributed by atoms with Gasteiger partial charge in [-0.15, -0.1) is 11.3 Å². The third-order valence-electron chi connectivity index (χ3n) is 4.11. The highest BCUT2D eigenvalue weighted by Gasteiger charge is 2.37. The van der Waals surface area contributed by atoms with E-state index in [1.165, 1.54) is 17.4 Å². The third-order valence-corrected chi connectivity index (χ3v) is 6.80. The quantitative estimate of drug-likeness (QED) is 0.855. The van der Waals surface area contributed by atoms with E-state index in [-0.39, 0.29) is 10.9 Å². The first-order valence-electron chi connectivity index (χ1n) is 7.38. The number of rotatable bonds is 3. The van der Waals surface area contributed by atoms with Gasteiger partial charge in [0.05, 0.1) is 33.3 Å². The van der Waals surface area contributed by atoms with Gasteiger partial charge in [0.15, 0.2) is 0 Å². The van der Waals surface area contributed by atoms with Gasteiger partial charge < -0.3 is 0 Å². The molecule has 0 amide bonds. The molecule has 0 saturated carbocycles. The molecule has 1 fully saturated rings. The number of aryl methyl sites for hydroxylation is 2. The van der Waals surface area contributed by atoms with E-state index < -0.39 is 10.0 Å². The second-order valence-corrected chi connectivity index (χ2v) is 8.61. The number of aromatic nitrogens is 1. The van der Waals surface area contributed by atoms with Crippen LogP contribution in [0.4, 0.5) is 0 Å². The Kier molecular flexibility index (Phi) is 4.23. The standard InChI is InChI=1S/C16H17N3O2S2/c1-11-8-14(6-5-13(11)9-17)23(20,21)19-7-3-4-16(19)15-10-22-12(2)18-15/h5-6,8,10,16H,3-4,7H2,1-2H3. The predicted octanol–water partition coefficient (Wildman–Crippen LogP) is 3.16. The number of nitrogens with zero attached hydrogens (tertiary/aromatic N) is 3. The van der Waals surface area contributed by atoms with E-state index in [0.29, 0.717) is 17.7 Å². The van der Waals surface area contributed by atoms with Crippen LogP contribution in [0.1, 0.15) is 40.7 Å². The molecule has 0 bridgehead atoms. The van der Waals surface area contributed by atoms with Crippen LogP contribution in [0.5, 0.6) is 0 Å². The molecule has 3 rings (SSSR count). The molecule has 1 aliphatic heterocycles. The van der Waals surface area contributed by atoms with E-state index in [1.54, 1.807) is 23.4 Å². The summed E-state index contributed by atoms with van der Waals surface area (Å²) in [5, 5.41) is 11.9. The van der Waals surface area contributed by atoms with E-state index in [0.717, 1.165) is 23.5 Å². The lowest BCUT2D eigenvalue weighted by atomic mass is 10.1. The molecule has 1 aliphatic rings. The topological polar surface area (TPSA) is 74.1 Å². The Morgan fingerprint density at radius 1 is 1.39 bits per heavy atom. The Morgan fingerprint density at radius 3 is 2.78 bits per heavy atom. The van der Waals surface area contributed by atoms with E-state index >= 15 is 0 Å². The summed E-state index contributed by atoms with van der Waals surface area (Å²) < 4.78 is 27.5. The second kappa shape index (κ2) is 6.04. The number of thiazole rings is 1. The number of hydrogen-bond acceptors (Lipinski definition) is 5. The molecule has 1 atom stereocenters. The van der Waals surface area contributed by atoms with E-state index in [2.05, 4.69) is 11.1 Å². The Balaban J connectivity index is 1.98. The van der Waals surface area contributed by atoms with Crippen molar-refractivity contribution in [2.24, 2.45) is 0 Å². The van der Waals surface area contributed by atoms with Crippen LogP contribution >= 0.6 is 11.3 Å². The molecule has 2 heterocycles. The van der Waals surface area contributed by atoms with E-state index in [1.807, 2.05) is 12.3 Å². The predicted molar refractivity (Wildman–Crippen MR) is 88.6 cm³/mol. The fourth-order valence-electron chi connectivity index (χ4n) is 2.91. The van der Waals surface area contributed by atoms with Crippen LogP contribution in [0.2, 0.25) is 0 Å². The van der Waals surface area contributed by atoms with Crippen molar-refractivity contribution in [1.29, 1.82) is 5.26 Å². The molecule has 0 spiro atoms. The Morgan fingerprint density at radius 2 is 2.17 bits per heavy atom. The molecule has 7 heteroatoms. The van der Waals surface area contributed by atoms with Crippen molar-refractivity contribution in [3.05, 3.63) is 45.4 Å². The summed E-state index contributed by atoms with van der Waals surface area (Å²) in [6.07, 6.45) is 1.62. The largest absolute Gasteiger partial charge is 0.245 e. The zero-order chi connectivity index (χ0) is 16.6. The summed E-state index contributed by atoms with van der Waals surface area (Å²) in [5.74, 6) is 0. The van der Waals surface area contributed by atoms with Gasteiger partial charge in [0.25, 0.3) is 0 Å². The maximum atomic E-state index is 13.0. The van der Waals surface area contributed by atoms with Crippen LogP contribution in [-0.4, -0.2) is 24.3 Å². The maximum Gasteiger partial charge on any atom is 0.243 e. The molecule has 1 unspecified atom stereocenters. The van der Waals surface area contributed by atoms with Gasteiger partial charge in [-0.1, -0.05) is 0 Å². The van der Waals surface area contributed by atoms with Crippen molar-refractivity contribution in [1.82, 2.24) is 9.29 Å². The molecule has 1 aromatic carbocycles. The summed E-state index contributed by atoms with van der Waals surface area (Å²) in [7, 11) is -3.59. The van der Waals surface area contributed by atoms with Gasteiger partial charge >= 0.3 is 0 Å². The van der Waals surface area contributed by atoms with Gasteiger partial charge in [0, 0.05) is 11.9 Å². The van der Waals surface area contributed by atoms with Gasteiger partial charge in [0.1, 0.15) is 0 Å². The third kappa shape index (κ3) is 2.90. The minimum absolute atomic E-state index is 0.194. The summed E-state index contributed by atoms with van der Waals surface area (Å²) in [5.41, 5.74) is 2.00. The van der Waals surface area contributed by atoms with Crippen LogP contribution in [0.15, 0.2) is 28.5 Å². The molecule has 0 N–H and O–H groups in total. The highest BCUT2D eigenvalue weighted by Crippen LogP contribution is 2.37. The van der Waals surface area contributed by atoms with Crippen molar-refractivity contribution in [2.45, 2.75) is 37.6 Å². The average Bonchev–Trinajstić information content (AvgIpc) is 3.15. The monoisotopic (exact) mass is 347 g/mol. The summed E-state index contributed by atoms with van der Waals surface area (Å²) >= 11 is 1.54. The SMILES string of the molecule is Cc1nc(C2CCCN2S(=O)(=O)c2ccc(C#N)c(C)c2)cs1. The fourth-order valence-corrected chi connectivity index (χ4v) is 5.33. The maximum absolute atomic E-state index is 13.0. The number of nitriles is 1. The highest BCUT2D eigenvalue weighted by atomic mass is 32.2. The molecule has 0 aliphatic carbocycles. The van der Waals surface area contributed by atoms with Crippen molar-refractivity contribution >= 4 is 21.4 Å². The summed E-state index contributed by atoms with van der Waals surface area (Å²) in [4.78, 5) is 4.71. The zero-order valence-corrected chi connectivity index (χ0v) is 14.6. The normalized spacial score (nSPS) is 18.9. The lowest BCUT2D eigenvalue weighted by molar-refractivity contribution is 0.391. The van der Waals surface area contributed by atoms with Crippen molar-refractivity contribution in [2.75, 3.05) is 6.54 Å². The number of hydrogen-bond donors (Lipinski definition) is 0. The molecular formula is C16H17N3O2S2. The first kappa shape index (κ1) is 16.1. The Hall–Kier alpha value is -1.75. The van der Waals surface area contributed by atoms with Crippen LogP contribution < -0.4 is 0 Å². The van der Waals surface area contributed by atoms with Gasteiger partial charge in [-0.05, 0) is 50.5 Å². The number of sulfonamides is 1. The zero-order valence-electron chi connectivity index (χ0n) is 13.0. The molecule has 1 saturated heterocycles. The first-order chi connectivity index (χ1) is 10.9. The number of benzene rings is 1. The van der Waals surface area contributed by atoms with Crippen molar-refractivity contribution in [3.63, 3.8) is 0 Å². The van der Waals surface area contributed by atoms with Gasteiger partial charge in [0.2, 0.25) is 10.0 Å². The second-order valence-electron chi connectivity index (χ2n) is 5.65. The van der Waals surface area contributed by atoms with Gasteiger partial charge in [-0.2, -0.15) is 9.57 Å². The lowest BCUT2D eigenvalue weighted by Crippen LogP contribution is -2.31. The van der Waals surface area contributed by atoms with Crippen LogP contribution in [0, 0.1) is 25.2 Å². The summed E-state index contributed by atoms with van der Waals surface area (Å²) in [6.45, 7) is 4.18. The lowest BCUT2D eigenvalue weighted by Gasteiger charge is -2.23. The minimum Gasteiger partial charge on any atom is -0.245 e. The molecule has 5 nitrogen and oxygen atoms in total. The first-order valence-corrected chi connectivity index (χ1v) is 9.70. The molecule has 1 aromatic heterocycles. The van der Waals surface area contributed by atoms with Gasteiger partial charge in [-0.25, -0.2) is 13.4 Å². The molecular weight excluding hydrogens is 330 g/mol.